The monoisotopic (exact) mass is 334 g/mol. The Hall–Kier alpha value is -0.830. The highest BCUT2D eigenvalue weighted by Gasteiger charge is 2.02. The molecule has 3 heteroatoms. The van der Waals surface area contributed by atoms with E-state index in [-0.39, 0.29) is 0 Å². The van der Waals surface area contributed by atoms with E-state index in [2.05, 4.69) is 27.7 Å². The summed E-state index contributed by atoms with van der Waals surface area (Å²) in [7, 11) is 0. The van der Waals surface area contributed by atoms with E-state index in [0.29, 0.717) is 0 Å². The number of aromatic nitrogens is 2. The zero-order valence-corrected chi connectivity index (χ0v) is 15.7. The van der Waals surface area contributed by atoms with E-state index in [9.17, 15) is 0 Å². The number of aryl methyl sites for hydroxylation is 1. The quantitative estimate of drug-likeness (QED) is 0.362. The van der Waals surface area contributed by atoms with Crippen LogP contribution in [0.15, 0.2) is 10.8 Å². The third-order valence-corrected chi connectivity index (χ3v) is 5.42. The molecule has 1 N–H and O–H groups in total. The van der Waals surface area contributed by atoms with Crippen molar-refractivity contribution in [1.82, 2.24) is 9.97 Å². The number of hydrogen-bond donors (Lipinski definition) is 1. The van der Waals surface area contributed by atoms with Crippen LogP contribution in [0.1, 0.15) is 96.2 Å². The van der Waals surface area contributed by atoms with E-state index in [1.165, 1.54) is 94.8 Å². The molecule has 2 aromatic heterocycles. The Kier molecular flexibility index (Phi) is 9.39. The lowest BCUT2D eigenvalue weighted by Crippen LogP contribution is -1.89. The Morgan fingerprint density at radius 2 is 1.35 bits per heavy atom. The van der Waals surface area contributed by atoms with Crippen LogP contribution >= 0.6 is 11.3 Å². The van der Waals surface area contributed by atoms with Gasteiger partial charge < -0.3 is 4.98 Å². The molecule has 0 saturated carbocycles. The van der Waals surface area contributed by atoms with Crippen molar-refractivity contribution in [3.63, 3.8) is 0 Å². The third-order valence-electron chi connectivity index (χ3n) is 4.69. The number of rotatable bonds is 14. The van der Waals surface area contributed by atoms with Crippen molar-refractivity contribution >= 4 is 22.4 Å². The first-order chi connectivity index (χ1) is 11.4. The molecule has 0 aliphatic carbocycles. The van der Waals surface area contributed by atoms with Crippen LogP contribution in [-0.2, 0) is 6.42 Å². The van der Waals surface area contributed by atoms with Gasteiger partial charge in [-0.15, -0.1) is 11.3 Å². The second-order valence-electron chi connectivity index (χ2n) is 6.85. The van der Waals surface area contributed by atoms with Crippen LogP contribution < -0.4 is 0 Å². The molecule has 23 heavy (non-hydrogen) atoms. The molecule has 0 atom stereocenters. The minimum Gasteiger partial charge on any atom is -0.341 e. The topological polar surface area (TPSA) is 28.7 Å². The van der Waals surface area contributed by atoms with Crippen molar-refractivity contribution in [3.05, 3.63) is 16.6 Å². The highest BCUT2D eigenvalue weighted by molar-refractivity contribution is 7.09. The highest BCUT2D eigenvalue weighted by atomic mass is 32.1. The van der Waals surface area contributed by atoms with E-state index in [1.54, 1.807) is 11.3 Å². The molecule has 0 spiro atoms. The Morgan fingerprint density at radius 1 is 0.783 bits per heavy atom. The standard InChI is InChI=1S/C20H34N2S/c1-2-3-4-5-6-7-8-9-10-11-12-13-14-15-20-21-18-16-23-17-19(18)22-20/h16-17H,2-15H2,1H3,(H,21,22). The van der Waals surface area contributed by atoms with Gasteiger partial charge in [0, 0.05) is 17.2 Å². The van der Waals surface area contributed by atoms with Crippen molar-refractivity contribution in [2.45, 2.75) is 96.8 Å². The number of fused-ring (bicyclic) bond motifs is 1. The maximum Gasteiger partial charge on any atom is 0.107 e. The van der Waals surface area contributed by atoms with Crippen molar-refractivity contribution in [2.75, 3.05) is 0 Å². The van der Waals surface area contributed by atoms with Gasteiger partial charge in [0.2, 0.25) is 0 Å². The predicted octanol–water partition coefficient (Wildman–Crippen LogP) is 7.26. The SMILES string of the molecule is CCCCCCCCCCCCCCCc1nc2cscc2[nH]1. The Labute approximate surface area is 146 Å². The van der Waals surface area contributed by atoms with Crippen molar-refractivity contribution in [2.24, 2.45) is 0 Å². The van der Waals surface area contributed by atoms with Gasteiger partial charge in [0.1, 0.15) is 5.82 Å². The van der Waals surface area contributed by atoms with Crippen LogP contribution in [0.25, 0.3) is 11.0 Å². The molecule has 2 heterocycles. The molecule has 0 aliphatic rings. The summed E-state index contributed by atoms with van der Waals surface area (Å²) in [5, 5.41) is 4.27. The minimum absolute atomic E-state index is 1.11. The molecular formula is C20H34N2S. The van der Waals surface area contributed by atoms with Gasteiger partial charge in [-0.1, -0.05) is 84.0 Å². The lowest BCUT2D eigenvalue weighted by Gasteiger charge is -2.02. The van der Waals surface area contributed by atoms with Crippen LogP contribution in [0.2, 0.25) is 0 Å². The fraction of sp³-hybridized carbons (Fsp3) is 0.750. The Morgan fingerprint density at radius 3 is 1.91 bits per heavy atom. The molecule has 0 fully saturated rings. The summed E-state index contributed by atoms with van der Waals surface area (Å²) in [5.74, 6) is 1.17. The molecule has 0 saturated heterocycles. The van der Waals surface area contributed by atoms with Crippen LogP contribution in [0.4, 0.5) is 0 Å². The van der Waals surface area contributed by atoms with Gasteiger partial charge in [0.25, 0.3) is 0 Å². The largest absolute Gasteiger partial charge is 0.341 e. The van der Waals surface area contributed by atoms with E-state index in [1.807, 2.05) is 0 Å². The van der Waals surface area contributed by atoms with Gasteiger partial charge in [-0.05, 0) is 6.42 Å². The predicted molar refractivity (Wildman–Crippen MR) is 103 cm³/mol. The molecule has 0 unspecified atom stereocenters. The van der Waals surface area contributed by atoms with E-state index >= 15 is 0 Å². The maximum absolute atomic E-state index is 4.62. The van der Waals surface area contributed by atoms with Crippen LogP contribution in [0, 0.1) is 0 Å². The highest BCUT2D eigenvalue weighted by Crippen LogP contribution is 2.17. The van der Waals surface area contributed by atoms with Gasteiger partial charge in [-0.2, -0.15) is 0 Å². The molecule has 0 amide bonds. The van der Waals surface area contributed by atoms with Gasteiger partial charge >= 0.3 is 0 Å². The lowest BCUT2D eigenvalue weighted by atomic mass is 10.0. The van der Waals surface area contributed by atoms with Crippen LogP contribution in [0.3, 0.4) is 0 Å². The van der Waals surface area contributed by atoms with Gasteiger partial charge in [-0.25, -0.2) is 4.98 Å². The van der Waals surface area contributed by atoms with Gasteiger partial charge in [-0.3, -0.25) is 0 Å². The second kappa shape index (κ2) is 11.7. The number of nitrogens with zero attached hydrogens (tertiary/aromatic N) is 1. The summed E-state index contributed by atoms with van der Waals surface area (Å²) in [6, 6.07) is 0. The fourth-order valence-corrected chi connectivity index (χ4v) is 3.92. The molecular weight excluding hydrogens is 300 g/mol. The summed E-state index contributed by atoms with van der Waals surface area (Å²) in [4.78, 5) is 8.04. The number of unbranched alkanes of at least 4 members (excludes halogenated alkanes) is 12. The van der Waals surface area contributed by atoms with Crippen LogP contribution in [-0.4, -0.2) is 9.97 Å². The van der Waals surface area contributed by atoms with Crippen LogP contribution in [0.5, 0.6) is 0 Å². The first-order valence-corrected chi connectivity index (χ1v) is 10.7. The minimum atomic E-state index is 1.11. The van der Waals surface area contributed by atoms with Gasteiger partial charge in [0.05, 0.1) is 11.0 Å². The number of hydrogen-bond acceptors (Lipinski definition) is 2. The zero-order valence-electron chi connectivity index (χ0n) is 14.9. The zero-order chi connectivity index (χ0) is 16.2. The van der Waals surface area contributed by atoms with E-state index in [0.717, 1.165) is 11.9 Å². The first kappa shape index (κ1) is 18.5. The third kappa shape index (κ3) is 7.52. The summed E-state index contributed by atoms with van der Waals surface area (Å²) < 4.78 is 0. The number of aromatic amines is 1. The second-order valence-corrected chi connectivity index (χ2v) is 7.59. The molecule has 0 aliphatic heterocycles. The van der Waals surface area contributed by atoms with Crippen molar-refractivity contribution < 1.29 is 0 Å². The summed E-state index contributed by atoms with van der Waals surface area (Å²) in [5.41, 5.74) is 2.35. The average molecular weight is 335 g/mol. The molecule has 0 bridgehead atoms. The van der Waals surface area contributed by atoms with Crippen molar-refractivity contribution in [1.29, 1.82) is 0 Å². The molecule has 130 valence electrons. The Balaban J connectivity index is 1.35. The van der Waals surface area contributed by atoms with E-state index < -0.39 is 0 Å². The summed E-state index contributed by atoms with van der Waals surface area (Å²) >= 11 is 1.72. The Bertz CT molecular complexity index is 486. The molecule has 2 nitrogen and oxygen atoms in total. The summed E-state index contributed by atoms with van der Waals surface area (Å²) in [6.07, 6.45) is 19.5. The number of thiophene rings is 1. The maximum atomic E-state index is 4.62. The number of imidazole rings is 1. The molecule has 0 aromatic carbocycles. The smallest absolute Gasteiger partial charge is 0.107 e. The number of H-pyrrole nitrogens is 1. The van der Waals surface area contributed by atoms with Crippen molar-refractivity contribution in [3.8, 4) is 0 Å². The van der Waals surface area contributed by atoms with Gasteiger partial charge in [0.15, 0.2) is 0 Å². The summed E-state index contributed by atoms with van der Waals surface area (Å²) in [6.45, 7) is 2.29. The molecule has 2 rings (SSSR count). The first-order valence-electron chi connectivity index (χ1n) is 9.81. The van der Waals surface area contributed by atoms with E-state index in [4.69, 9.17) is 0 Å². The lowest BCUT2D eigenvalue weighted by molar-refractivity contribution is 0.538. The molecule has 0 radical (unpaired) electrons. The average Bonchev–Trinajstić information content (AvgIpc) is 3.13. The normalized spacial score (nSPS) is 11.5. The number of nitrogens with one attached hydrogen (secondary N) is 1. The molecule has 2 aromatic rings. The fourth-order valence-electron chi connectivity index (χ4n) is 3.23.